The maximum Gasteiger partial charge on any atom is 0.270 e. The molecular formula is C17H26Cl3N5OS. The summed E-state index contributed by atoms with van der Waals surface area (Å²) < 4.78 is 0. The maximum atomic E-state index is 12.3. The molecule has 0 spiro atoms. The SMILES string of the molecule is Cl.Cl.Cl.NCCc1nc(C(=O)NC2CCN(Cc3ccccn3)CC2)cs1. The van der Waals surface area contributed by atoms with Gasteiger partial charge in [-0.05, 0) is 31.5 Å². The number of hydrogen-bond acceptors (Lipinski definition) is 6. The van der Waals surface area contributed by atoms with Crippen LogP contribution in [-0.2, 0) is 13.0 Å². The van der Waals surface area contributed by atoms with Crippen LogP contribution in [0.4, 0.5) is 0 Å². The largest absolute Gasteiger partial charge is 0.348 e. The van der Waals surface area contributed by atoms with Gasteiger partial charge < -0.3 is 11.1 Å². The number of carbonyl (C=O) groups is 1. The van der Waals surface area contributed by atoms with E-state index in [9.17, 15) is 4.79 Å². The Labute approximate surface area is 182 Å². The van der Waals surface area contributed by atoms with E-state index in [0.717, 1.165) is 49.6 Å². The molecule has 27 heavy (non-hydrogen) atoms. The van der Waals surface area contributed by atoms with E-state index in [2.05, 4.69) is 26.3 Å². The van der Waals surface area contributed by atoms with Gasteiger partial charge in [0.2, 0.25) is 0 Å². The van der Waals surface area contributed by atoms with E-state index < -0.39 is 0 Å². The van der Waals surface area contributed by atoms with Crippen molar-refractivity contribution in [1.82, 2.24) is 20.2 Å². The second kappa shape index (κ2) is 13.3. The van der Waals surface area contributed by atoms with Gasteiger partial charge in [-0.15, -0.1) is 48.6 Å². The lowest BCUT2D eigenvalue weighted by atomic mass is 10.0. The first-order valence-electron chi connectivity index (χ1n) is 8.32. The van der Waals surface area contributed by atoms with Crippen molar-refractivity contribution in [3.05, 3.63) is 46.2 Å². The maximum absolute atomic E-state index is 12.3. The molecule has 0 atom stereocenters. The van der Waals surface area contributed by atoms with Crippen LogP contribution in [-0.4, -0.2) is 46.5 Å². The minimum atomic E-state index is -0.0716. The van der Waals surface area contributed by atoms with E-state index in [1.807, 2.05) is 23.7 Å². The Morgan fingerprint density at radius 2 is 2.00 bits per heavy atom. The molecule has 6 nitrogen and oxygen atoms in total. The summed E-state index contributed by atoms with van der Waals surface area (Å²) in [6.07, 6.45) is 4.47. The topological polar surface area (TPSA) is 84.1 Å². The molecule has 3 rings (SSSR count). The average Bonchev–Trinajstić information content (AvgIpc) is 3.07. The van der Waals surface area contributed by atoms with Gasteiger partial charge >= 0.3 is 0 Å². The van der Waals surface area contributed by atoms with E-state index in [-0.39, 0.29) is 49.2 Å². The van der Waals surface area contributed by atoms with Gasteiger partial charge in [-0.2, -0.15) is 0 Å². The van der Waals surface area contributed by atoms with E-state index in [4.69, 9.17) is 5.73 Å². The van der Waals surface area contributed by atoms with E-state index >= 15 is 0 Å². The molecule has 0 aromatic carbocycles. The molecular weight excluding hydrogens is 429 g/mol. The molecule has 1 amide bonds. The highest BCUT2D eigenvalue weighted by Crippen LogP contribution is 2.15. The third-order valence-electron chi connectivity index (χ3n) is 4.18. The number of nitrogens with two attached hydrogens (primary N) is 1. The molecule has 2 aromatic heterocycles. The van der Waals surface area contributed by atoms with Gasteiger partial charge in [-0.25, -0.2) is 4.98 Å². The Morgan fingerprint density at radius 3 is 2.63 bits per heavy atom. The van der Waals surface area contributed by atoms with Crippen LogP contribution in [0.1, 0.15) is 34.0 Å². The highest BCUT2D eigenvalue weighted by Gasteiger charge is 2.22. The number of rotatable bonds is 6. The fourth-order valence-electron chi connectivity index (χ4n) is 2.87. The zero-order valence-electron chi connectivity index (χ0n) is 14.9. The lowest BCUT2D eigenvalue weighted by molar-refractivity contribution is 0.0904. The molecule has 1 aliphatic rings. The number of thiazole rings is 1. The first-order chi connectivity index (χ1) is 11.7. The predicted molar refractivity (Wildman–Crippen MR) is 117 cm³/mol. The lowest BCUT2D eigenvalue weighted by Gasteiger charge is -2.31. The molecule has 152 valence electrons. The van der Waals surface area contributed by atoms with Gasteiger partial charge in [0.25, 0.3) is 5.91 Å². The zero-order valence-corrected chi connectivity index (χ0v) is 18.1. The Balaban J connectivity index is 0.00000225. The summed E-state index contributed by atoms with van der Waals surface area (Å²) in [5.74, 6) is -0.0716. The van der Waals surface area contributed by atoms with Crippen molar-refractivity contribution >= 4 is 54.5 Å². The van der Waals surface area contributed by atoms with Crippen LogP contribution < -0.4 is 11.1 Å². The second-order valence-corrected chi connectivity index (χ2v) is 6.95. The number of nitrogens with one attached hydrogen (secondary N) is 1. The zero-order chi connectivity index (χ0) is 16.8. The third-order valence-corrected chi connectivity index (χ3v) is 5.09. The molecule has 0 aliphatic carbocycles. The number of likely N-dealkylation sites (tertiary alicyclic amines) is 1. The Morgan fingerprint density at radius 1 is 1.26 bits per heavy atom. The Kier molecular flexibility index (Phi) is 12.8. The summed E-state index contributed by atoms with van der Waals surface area (Å²) in [5, 5.41) is 5.85. The van der Waals surface area contributed by atoms with Crippen LogP contribution in [0.15, 0.2) is 29.8 Å². The summed E-state index contributed by atoms with van der Waals surface area (Å²) in [7, 11) is 0. The average molecular weight is 455 g/mol. The molecule has 0 radical (unpaired) electrons. The van der Waals surface area contributed by atoms with Crippen molar-refractivity contribution in [1.29, 1.82) is 0 Å². The van der Waals surface area contributed by atoms with E-state index in [0.29, 0.717) is 12.2 Å². The summed E-state index contributed by atoms with van der Waals surface area (Å²) in [6.45, 7) is 3.37. The quantitative estimate of drug-likeness (QED) is 0.701. The van der Waals surface area contributed by atoms with Gasteiger partial charge in [-0.3, -0.25) is 14.7 Å². The fraction of sp³-hybridized carbons (Fsp3) is 0.471. The van der Waals surface area contributed by atoms with Crippen LogP contribution in [0.25, 0.3) is 0 Å². The third kappa shape index (κ3) is 7.89. The van der Waals surface area contributed by atoms with Gasteiger partial charge in [0, 0.05) is 43.7 Å². The molecule has 1 saturated heterocycles. The van der Waals surface area contributed by atoms with Gasteiger partial charge in [0.15, 0.2) is 0 Å². The van der Waals surface area contributed by atoms with Crippen molar-refractivity contribution in [2.45, 2.75) is 31.8 Å². The number of pyridine rings is 1. The number of piperidine rings is 1. The normalized spacial score (nSPS) is 14.4. The summed E-state index contributed by atoms with van der Waals surface area (Å²) in [5.41, 5.74) is 7.13. The molecule has 3 heterocycles. The van der Waals surface area contributed by atoms with Crippen LogP contribution in [0.5, 0.6) is 0 Å². The van der Waals surface area contributed by atoms with Crippen molar-refractivity contribution in [2.75, 3.05) is 19.6 Å². The number of amides is 1. The summed E-state index contributed by atoms with van der Waals surface area (Å²) >= 11 is 1.50. The number of aromatic nitrogens is 2. The monoisotopic (exact) mass is 453 g/mol. The lowest BCUT2D eigenvalue weighted by Crippen LogP contribution is -2.44. The minimum absolute atomic E-state index is 0. The Bertz CT molecular complexity index is 666. The molecule has 10 heteroatoms. The van der Waals surface area contributed by atoms with Crippen LogP contribution in [0.3, 0.4) is 0 Å². The van der Waals surface area contributed by atoms with Crippen LogP contribution in [0, 0.1) is 0 Å². The number of hydrogen-bond donors (Lipinski definition) is 2. The second-order valence-electron chi connectivity index (χ2n) is 6.01. The molecule has 0 unspecified atom stereocenters. The standard InChI is InChI=1S/C17H23N5OS.3ClH/c18-7-4-16-21-15(12-24-16)17(23)20-13-5-9-22(10-6-13)11-14-3-1-2-8-19-14;;;/h1-3,8,12-13H,4-7,9-11,18H2,(H,20,23);3*1H. The van der Waals surface area contributed by atoms with Gasteiger partial charge in [0.1, 0.15) is 5.69 Å². The van der Waals surface area contributed by atoms with Gasteiger partial charge in [0.05, 0.1) is 10.7 Å². The highest BCUT2D eigenvalue weighted by molar-refractivity contribution is 7.09. The highest BCUT2D eigenvalue weighted by atomic mass is 35.5. The summed E-state index contributed by atoms with van der Waals surface area (Å²) in [4.78, 5) is 23.4. The molecule has 3 N–H and O–H groups in total. The number of halogens is 3. The smallest absolute Gasteiger partial charge is 0.270 e. The van der Waals surface area contributed by atoms with E-state index in [1.54, 1.807) is 0 Å². The van der Waals surface area contributed by atoms with E-state index in [1.165, 1.54) is 11.3 Å². The van der Waals surface area contributed by atoms with Crippen molar-refractivity contribution in [3.8, 4) is 0 Å². The summed E-state index contributed by atoms with van der Waals surface area (Å²) in [6, 6.07) is 6.22. The molecule has 2 aromatic rings. The van der Waals surface area contributed by atoms with Crippen LogP contribution >= 0.6 is 48.6 Å². The van der Waals surface area contributed by atoms with Crippen LogP contribution in [0.2, 0.25) is 0 Å². The predicted octanol–water partition coefficient (Wildman–Crippen LogP) is 2.70. The van der Waals surface area contributed by atoms with Crippen molar-refractivity contribution < 1.29 is 4.79 Å². The first kappa shape index (κ1) is 26.0. The van der Waals surface area contributed by atoms with Crippen molar-refractivity contribution in [2.24, 2.45) is 5.73 Å². The fourth-order valence-corrected chi connectivity index (χ4v) is 3.66. The molecule has 1 aliphatic heterocycles. The van der Waals surface area contributed by atoms with Gasteiger partial charge in [-0.1, -0.05) is 6.07 Å². The molecule has 0 bridgehead atoms. The Hall–Kier alpha value is -0.960. The molecule has 0 saturated carbocycles. The number of nitrogens with zero attached hydrogens (tertiary/aromatic N) is 3. The molecule has 1 fully saturated rings. The number of carbonyl (C=O) groups excluding carboxylic acids is 1. The minimum Gasteiger partial charge on any atom is -0.348 e. The van der Waals surface area contributed by atoms with Crippen molar-refractivity contribution in [3.63, 3.8) is 0 Å². The first-order valence-corrected chi connectivity index (χ1v) is 9.20.